The summed E-state index contributed by atoms with van der Waals surface area (Å²) in [6.45, 7) is 1.26. The molecule has 1 saturated heterocycles. The number of benzene rings is 1. The fourth-order valence-electron chi connectivity index (χ4n) is 5.00. The van der Waals surface area contributed by atoms with Crippen molar-refractivity contribution in [2.75, 3.05) is 25.0 Å². The predicted octanol–water partition coefficient (Wildman–Crippen LogP) is 3.11. The van der Waals surface area contributed by atoms with Gasteiger partial charge in [-0.15, -0.1) is 13.1 Å². The van der Waals surface area contributed by atoms with Gasteiger partial charge in [0.05, 0.1) is 0 Å². The molecule has 2 aliphatic carbocycles. The minimum atomic E-state index is -1.58. The first-order valence-electron chi connectivity index (χ1n) is 10.6. The van der Waals surface area contributed by atoms with Gasteiger partial charge in [-0.3, -0.25) is 0 Å². The van der Waals surface area contributed by atoms with Crippen LogP contribution in [0, 0.1) is 5.92 Å². The quantitative estimate of drug-likeness (QED) is 0.702. The van der Waals surface area contributed by atoms with E-state index < -0.39 is 11.0 Å². The lowest BCUT2D eigenvalue weighted by Crippen LogP contribution is -2.38. The van der Waals surface area contributed by atoms with Crippen LogP contribution in [0.5, 0.6) is 0 Å². The lowest BCUT2D eigenvalue weighted by atomic mass is 9.99. The number of aromatic nitrogens is 3. The standard InChI is InChI=1S/C20H26FN5O2S2/c21-29-26-19(23-20(24-26)30(28)25-9-3-4-13(11-25)12-27)22-18-16-7-1-5-14(16)10-15-6-2-8-17(15)18/h10,13,27H,1-9,11-12H2,(H,22,23,24). The van der Waals surface area contributed by atoms with Gasteiger partial charge in [-0.25, -0.2) is 8.51 Å². The second-order valence-corrected chi connectivity index (χ2v) is 10.2. The first kappa shape index (κ1) is 20.4. The lowest BCUT2D eigenvalue weighted by molar-refractivity contribution is 0.168. The Morgan fingerprint density at radius 3 is 2.60 bits per heavy atom. The summed E-state index contributed by atoms with van der Waals surface area (Å²) in [4.78, 5) is 4.43. The van der Waals surface area contributed by atoms with Gasteiger partial charge in [-0.1, -0.05) is 6.07 Å². The van der Waals surface area contributed by atoms with Crippen LogP contribution in [0.3, 0.4) is 0 Å². The molecular formula is C20H26FN5O2S2. The topological polar surface area (TPSA) is 83.3 Å². The maximum absolute atomic E-state index is 13.7. The summed E-state index contributed by atoms with van der Waals surface area (Å²) >= 11 is -0.0412. The Kier molecular flexibility index (Phi) is 5.83. The van der Waals surface area contributed by atoms with Crippen LogP contribution < -0.4 is 5.32 Å². The summed E-state index contributed by atoms with van der Waals surface area (Å²) in [7, 11) is -1.58. The number of aryl methyl sites for hydroxylation is 2. The molecule has 162 valence electrons. The van der Waals surface area contributed by atoms with Gasteiger partial charge in [0.2, 0.25) is 5.95 Å². The van der Waals surface area contributed by atoms with Crippen LogP contribution in [0.2, 0.25) is 0 Å². The minimum absolute atomic E-state index is 0.0412. The molecule has 2 heterocycles. The largest absolute Gasteiger partial charge is 0.396 e. The van der Waals surface area contributed by atoms with Crippen molar-refractivity contribution in [3.8, 4) is 0 Å². The third-order valence-corrected chi connectivity index (χ3v) is 8.14. The zero-order chi connectivity index (χ0) is 20.7. The molecule has 2 aromatic rings. The van der Waals surface area contributed by atoms with E-state index in [9.17, 15) is 13.2 Å². The first-order valence-corrected chi connectivity index (χ1v) is 12.4. The molecule has 3 aliphatic rings. The number of halogens is 1. The molecule has 5 rings (SSSR count). The van der Waals surface area contributed by atoms with E-state index >= 15 is 0 Å². The predicted molar refractivity (Wildman–Crippen MR) is 116 cm³/mol. The lowest BCUT2D eigenvalue weighted by Gasteiger charge is -2.29. The van der Waals surface area contributed by atoms with Gasteiger partial charge < -0.3 is 10.4 Å². The highest BCUT2D eigenvalue weighted by Crippen LogP contribution is 2.40. The minimum Gasteiger partial charge on any atom is -0.396 e. The number of fused-ring (bicyclic) bond motifs is 2. The van der Waals surface area contributed by atoms with E-state index in [-0.39, 0.29) is 36.0 Å². The van der Waals surface area contributed by atoms with Crippen molar-refractivity contribution in [1.29, 1.82) is 0 Å². The van der Waals surface area contributed by atoms with Crippen molar-refractivity contribution in [3.63, 3.8) is 0 Å². The van der Waals surface area contributed by atoms with Crippen LogP contribution >= 0.6 is 12.3 Å². The van der Waals surface area contributed by atoms with Crippen LogP contribution in [0.1, 0.15) is 47.9 Å². The maximum atomic E-state index is 13.7. The molecule has 2 atom stereocenters. The molecule has 0 bridgehead atoms. The molecule has 1 aromatic carbocycles. The van der Waals surface area contributed by atoms with Gasteiger partial charge in [-0.2, -0.15) is 4.98 Å². The molecule has 1 aromatic heterocycles. The molecular weight excluding hydrogens is 425 g/mol. The van der Waals surface area contributed by atoms with E-state index in [0.29, 0.717) is 13.1 Å². The summed E-state index contributed by atoms with van der Waals surface area (Å²) in [5.41, 5.74) is 6.42. The van der Waals surface area contributed by atoms with Gasteiger partial charge in [0.25, 0.3) is 5.16 Å². The summed E-state index contributed by atoms with van der Waals surface area (Å²) in [6.07, 6.45) is 8.23. The molecule has 30 heavy (non-hydrogen) atoms. The van der Waals surface area contributed by atoms with Crippen molar-refractivity contribution < 1.29 is 13.2 Å². The van der Waals surface area contributed by atoms with Crippen LogP contribution in [0.4, 0.5) is 15.5 Å². The Hall–Kier alpha value is -1.49. The first-order chi connectivity index (χ1) is 14.7. The molecule has 10 heteroatoms. The van der Waals surface area contributed by atoms with Gasteiger partial charge in [0, 0.05) is 25.4 Å². The number of anilines is 2. The third-order valence-electron chi connectivity index (χ3n) is 6.46. The number of hydrogen-bond donors (Lipinski definition) is 2. The molecule has 1 aliphatic heterocycles. The van der Waals surface area contributed by atoms with Crippen LogP contribution in [-0.2, 0) is 36.7 Å². The van der Waals surface area contributed by atoms with Crippen LogP contribution in [0.25, 0.3) is 0 Å². The molecule has 0 spiro atoms. The highest BCUT2D eigenvalue weighted by molar-refractivity contribution is 7.92. The summed E-state index contributed by atoms with van der Waals surface area (Å²) < 4.78 is 29.5. The van der Waals surface area contributed by atoms with Gasteiger partial charge in [0.15, 0.2) is 23.3 Å². The van der Waals surface area contributed by atoms with Gasteiger partial charge >= 0.3 is 0 Å². The maximum Gasteiger partial charge on any atom is 0.257 e. The van der Waals surface area contributed by atoms with E-state index in [1.165, 1.54) is 22.3 Å². The van der Waals surface area contributed by atoms with Gasteiger partial charge in [-0.05, 0) is 79.5 Å². The number of piperidine rings is 1. The second-order valence-electron chi connectivity index (χ2n) is 8.35. The summed E-state index contributed by atoms with van der Waals surface area (Å²) in [5, 5.41) is 17.1. The number of nitrogens with zero attached hydrogens (tertiary/aromatic N) is 4. The Morgan fingerprint density at radius 2 is 1.93 bits per heavy atom. The fourth-order valence-corrected chi connectivity index (χ4v) is 6.50. The van der Waals surface area contributed by atoms with Crippen molar-refractivity contribution >= 4 is 35.0 Å². The number of hydrogen-bond acceptors (Lipinski definition) is 6. The monoisotopic (exact) mass is 451 g/mol. The summed E-state index contributed by atoms with van der Waals surface area (Å²) in [6, 6.07) is 2.35. The zero-order valence-corrected chi connectivity index (χ0v) is 18.4. The number of nitrogens with one attached hydrogen (secondary N) is 1. The normalized spacial score (nSPS) is 22.1. The molecule has 7 nitrogen and oxygen atoms in total. The zero-order valence-electron chi connectivity index (χ0n) is 16.8. The van der Waals surface area contributed by atoms with Gasteiger partial charge in [0.1, 0.15) is 0 Å². The Morgan fingerprint density at radius 1 is 1.20 bits per heavy atom. The molecule has 0 radical (unpaired) electrons. The molecule has 2 unspecified atom stereocenters. The van der Waals surface area contributed by atoms with Crippen molar-refractivity contribution in [2.45, 2.75) is 56.5 Å². The Bertz CT molecular complexity index is 950. The van der Waals surface area contributed by atoms with E-state index in [0.717, 1.165) is 61.1 Å². The number of rotatable bonds is 6. The highest BCUT2D eigenvalue weighted by atomic mass is 32.2. The highest BCUT2D eigenvalue weighted by Gasteiger charge is 2.29. The second kappa shape index (κ2) is 8.57. The molecule has 2 N–H and O–H groups in total. The Labute approximate surface area is 182 Å². The fraction of sp³-hybridized carbons (Fsp3) is 0.600. The average Bonchev–Trinajstić information content (AvgIpc) is 3.52. The van der Waals surface area contributed by atoms with Crippen LogP contribution in [0.15, 0.2) is 11.2 Å². The van der Waals surface area contributed by atoms with Crippen LogP contribution in [-0.4, -0.2) is 47.5 Å². The van der Waals surface area contributed by atoms with E-state index in [1.54, 1.807) is 4.31 Å². The number of aliphatic hydroxyl groups excluding tert-OH is 1. The third kappa shape index (κ3) is 3.68. The van der Waals surface area contributed by atoms with E-state index in [1.807, 2.05) is 0 Å². The smallest absolute Gasteiger partial charge is 0.257 e. The van der Waals surface area contributed by atoms with E-state index in [4.69, 9.17) is 0 Å². The number of aliphatic hydroxyl groups is 1. The van der Waals surface area contributed by atoms with Crippen molar-refractivity contribution in [3.05, 3.63) is 28.3 Å². The average molecular weight is 452 g/mol. The van der Waals surface area contributed by atoms with Crippen molar-refractivity contribution in [1.82, 2.24) is 18.5 Å². The SMILES string of the molecule is O=S(c1nc(Nc2c3c(cc4c2CCC4)CCC3)n(SF)n1)N1CCCC(CO)C1. The Balaban J connectivity index is 1.44. The molecule has 1 fully saturated rings. The molecule has 0 saturated carbocycles. The van der Waals surface area contributed by atoms with Crippen molar-refractivity contribution in [2.24, 2.45) is 5.92 Å². The van der Waals surface area contributed by atoms with E-state index in [2.05, 4.69) is 21.5 Å². The summed E-state index contributed by atoms with van der Waals surface area (Å²) in [5.74, 6) is 0.378. The molecule has 0 amide bonds.